The van der Waals surface area contributed by atoms with Crippen LogP contribution in [0, 0.1) is 18.3 Å². The van der Waals surface area contributed by atoms with Crippen LogP contribution in [0.25, 0.3) is 17.5 Å². The molecule has 4 rings (SSSR count). The number of nitrogens with one attached hydrogen (secondary N) is 1. The number of rotatable bonds is 7. The molecule has 36 heavy (non-hydrogen) atoms. The van der Waals surface area contributed by atoms with E-state index in [2.05, 4.69) is 45.1 Å². The Labute approximate surface area is 208 Å². The normalized spacial score (nSPS) is 11.2. The van der Waals surface area contributed by atoms with Crippen LogP contribution in [0.1, 0.15) is 33.9 Å². The smallest absolute Gasteiger partial charge is 0.354 e. The van der Waals surface area contributed by atoms with Crippen molar-refractivity contribution in [2.75, 3.05) is 5.32 Å². The molecule has 0 fully saturated rings. The molecule has 0 atom stereocenters. The highest BCUT2D eigenvalue weighted by molar-refractivity contribution is 6.32. The minimum Gasteiger partial charge on any atom is -0.354 e. The molecule has 2 aromatic carbocycles. The summed E-state index contributed by atoms with van der Waals surface area (Å²) >= 11 is 6.41. The number of para-hydroxylation sites is 1. The predicted octanol–water partition coefficient (Wildman–Crippen LogP) is 5.49. The Balaban J connectivity index is 1.74. The molecule has 2 heterocycles. The minimum atomic E-state index is -4.71. The Hall–Kier alpha value is -4.43. The van der Waals surface area contributed by atoms with Gasteiger partial charge in [-0.05, 0) is 53.6 Å². The van der Waals surface area contributed by atoms with Gasteiger partial charge in [0.25, 0.3) is 5.82 Å². The summed E-state index contributed by atoms with van der Waals surface area (Å²) in [7, 11) is 0. The lowest BCUT2D eigenvalue weighted by molar-refractivity contribution is -0.145. The van der Waals surface area contributed by atoms with E-state index in [0.717, 1.165) is 10.4 Å². The lowest BCUT2D eigenvalue weighted by Crippen LogP contribution is -2.10. The molecule has 0 aliphatic carbocycles. The molecule has 0 saturated carbocycles. The van der Waals surface area contributed by atoms with Crippen molar-refractivity contribution in [3.63, 3.8) is 0 Å². The first-order valence-electron chi connectivity index (χ1n) is 10.4. The van der Waals surface area contributed by atoms with Crippen LogP contribution in [-0.4, -0.2) is 30.0 Å². The van der Waals surface area contributed by atoms with Gasteiger partial charge in [-0.15, -0.1) is 10.2 Å². The topological polar surface area (TPSA) is 97.2 Å². The first-order chi connectivity index (χ1) is 17.1. The third-order valence-electron chi connectivity index (χ3n) is 5.15. The van der Waals surface area contributed by atoms with Gasteiger partial charge in [-0.25, -0.2) is 4.68 Å². The molecule has 1 N–H and O–H groups in total. The number of anilines is 1. The van der Waals surface area contributed by atoms with Crippen molar-refractivity contribution in [1.29, 1.82) is 5.26 Å². The summed E-state index contributed by atoms with van der Waals surface area (Å²) in [5.74, 6) is -1.34. The van der Waals surface area contributed by atoms with Gasteiger partial charge in [0.1, 0.15) is 6.54 Å². The molecule has 8 nitrogen and oxygen atoms in total. The van der Waals surface area contributed by atoms with Gasteiger partial charge in [0.05, 0.1) is 39.4 Å². The molecule has 0 aliphatic rings. The summed E-state index contributed by atoms with van der Waals surface area (Å²) in [6.07, 6.45) is -3.09. The Kier molecular flexibility index (Phi) is 6.63. The summed E-state index contributed by atoms with van der Waals surface area (Å²) in [5, 5.41) is 27.4. The van der Waals surface area contributed by atoms with Crippen molar-refractivity contribution in [2.45, 2.75) is 19.6 Å². The highest BCUT2D eigenvalue weighted by Crippen LogP contribution is 2.30. The average molecular weight is 511 g/mol. The Morgan fingerprint density at radius 3 is 2.61 bits per heavy atom. The Bertz CT molecular complexity index is 1510. The molecule has 12 heteroatoms. The second kappa shape index (κ2) is 9.67. The molecule has 0 amide bonds. The number of nitriles is 1. The molecule has 0 spiro atoms. The molecule has 182 valence electrons. The van der Waals surface area contributed by atoms with Gasteiger partial charge in [0.15, 0.2) is 0 Å². The molecule has 0 unspecified atom stereocenters. The van der Waals surface area contributed by atoms with Crippen LogP contribution in [0.2, 0.25) is 5.02 Å². The molecule has 0 aliphatic heterocycles. The fraction of sp³-hybridized carbons (Fsp3) is 0.125. The SMILES string of the molecule is C=Cc1cc(C#N)cc(C)c1NC(=C)c1cc(Cn2nnc(C(F)(F)F)n2)nn1-c1ccccc1Cl. The number of aromatic nitrogens is 6. The number of hydrogen-bond acceptors (Lipinski definition) is 6. The molecular weight excluding hydrogens is 493 g/mol. The van der Waals surface area contributed by atoms with Crippen LogP contribution in [0.3, 0.4) is 0 Å². The van der Waals surface area contributed by atoms with Crippen molar-refractivity contribution in [2.24, 2.45) is 0 Å². The van der Waals surface area contributed by atoms with E-state index in [0.29, 0.717) is 44.6 Å². The van der Waals surface area contributed by atoms with Crippen LogP contribution in [0.4, 0.5) is 18.9 Å². The summed E-state index contributed by atoms with van der Waals surface area (Å²) in [5.41, 5.74) is 4.46. The number of halogens is 4. The second-order valence-electron chi connectivity index (χ2n) is 7.70. The van der Waals surface area contributed by atoms with Gasteiger partial charge < -0.3 is 5.32 Å². The van der Waals surface area contributed by atoms with Crippen LogP contribution < -0.4 is 5.32 Å². The van der Waals surface area contributed by atoms with Crippen molar-refractivity contribution < 1.29 is 13.2 Å². The number of benzene rings is 2. The third-order valence-corrected chi connectivity index (χ3v) is 5.47. The van der Waals surface area contributed by atoms with E-state index in [-0.39, 0.29) is 6.54 Å². The first-order valence-corrected chi connectivity index (χ1v) is 10.8. The minimum absolute atomic E-state index is 0.172. The van der Waals surface area contributed by atoms with E-state index >= 15 is 0 Å². The van der Waals surface area contributed by atoms with E-state index in [1.165, 1.54) is 4.68 Å². The standard InChI is InChI=1S/C24H18ClF3N8/c1-4-17-10-16(12-29)9-14(2)22(17)30-15(3)21-11-18(13-35-33-23(31-34-35)24(26,27)28)32-36(21)20-8-6-5-7-19(20)25/h4-11,30H,1,3,13H2,2H3. The monoisotopic (exact) mass is 510 g/mol. The number of hydrogen-bond donors (Lipinski definition) is 1. The highest BCUT2D eigenvalue weighted by Gasteiger charge is 2.36. The van der Waals surface area contributed by atoms with Crippen LogP contribution in [-0.2, 0) is 12.7 Å². The maximum Gasteiger partial charge on any atom is 0.455 e. The average Bonchev–Trinajstić information content (AvgIpc) is 3.48. The maximum atomic E-state index is 12.9. The molecule has 4 aromatic rings. The van der Waals surface area contributed by atoms with Crippen molar-refractivity contribution in [3.8, 4) is 11.8 Å². The van der Waals surface area contributed by atoms with Gasteiger partial charge >= 0.3 is 6.18 Å². The van der Waals surface area contributed by atoms with Crippen molar-refractivity contribution >= 4 is 29.1 Å². The Morgan fingerprint density at radius 2 is 1.97 bits per heavy atom. The van der Waals surface area contributed by atoms with E-state index in [4.69, 9.17) is 11.6 Å². The lowest BCUT2D eigenvalue weighted by atomic mass is 10.0. The van der Waals surface area contributed by atoms with Gasteiger partial charge in [-0.2, -0.15) is 28.3 Å². The Morgan fingerprint density at radius 1 is 1.22 bits per heavy atom. The quantitative estimate of drug-likeness (QED) is 0.353. The number of nitrogens with zero attached hydrogens (tertiary/aromatic N) is 7. The van der Waals surface area contributed by atoms with Crippen molar-refractivity contribution in [3.05, 3.63) is 94.5 Å². The van der Waals surface area contributed by atoms with Crippen LogP contribution in [0.15, 0.2) is 55.6 Å². The maximum absolute atomic E-state index is 12.9. The van der Waals surface area contributed by atoms with Crippen LogP contribution >= 0.6 is 11.6 Å². The second-order valence-corrected chi connectivity index (χ2v) is 8.11. The molecule has 2 aromatic heterocycles. The third kappa shape index (κ3) is 4.99. The summed E-state index contributed by atoms with van der Waals surface area (Å²) < 4.78 is 40.1. The number of alkyl halides is 3. The van der Waals surface area contributed by atoms with E-state index in [9.17, 15) is 18.4 Å². The molecule has 0 radical (unpaired) electrons. The summed E-state index contributed by atoms with van der Waals surface area (Å²) in [4.78, 5) is 0.808. The largest absolute Gasteiger partial charge is 0.455 e. The van der Waals surface area contributed by atoms with Crippen molar-refractivity contribution in [1.82, 2.24) is 30.0 Å². The van der Waals surface area contributed by atoms with E-state index < -0.39 is 12.0 Å². The van der Waals surface area contributed by atoms with E-state index in [1.807, 2.05) is 6.92 Å². The lowest BCUT2D eigenvalue weighted by Gasteiger charge is -2.17. The fourth-order valence-electron chi connectivity index (χ4n) is 3.52. The summed E-state index contributed by atoms with van der Waals surface area (Å²) in [6.45, 7) is 9.63. The molecule has 0 saturated heterocycles. The van der Waals surface area contributed by atoms with Gasteiger partial charge in [-0.1, -0.05) is 43.0 Å². The first kappa shape index (κ1) is 24.7. The summed E-state index contributed by atoms with van der Waals surface area (Å²) in [6, 6.07) is 14.1. The fourth-order valence-corrected chi connectivity index (χ4v) is 3.74. The van der Waals surface area contributed by atoms with Gasteiger partial charge in [0, 0.05) is 5.69 Å². The number of tetrazole rings is 1. The zero-order chi connectivity index (χ0) is 26.0. The molecular formula is C24H18ClF3N8. The number of aryl methyl sites for hydroxylation is 1. The zero-order valence-corrected chi connectivity index (χ0v) is 19.6. The van der Waals surface area contributed by atoms with Crippen LogP contribution in [0.5, 0.6) is 0 Å². The van der Waals surface area contributed by atoms with Gasteiger partial charge in [-0.3, -0.25) is 0 Å². The highest BCUT2D eigenvalue weighted by atomic mass is 35.5. The van der Waals surface area contributed by atoms with Gasteiger partial charge in [0.2, 0.25) is 0 Å². The predicted molar refractivity (Wildman–Crippen MR) is 129 cm³/mol. The van der Waals surface area contributed by atoms with E-state index in [1.54, 1.807) is 48.5 Å². The zero-order valence-electron chi connectivity index (χ0n) is 18.9. The molecule has 0 bridgehead atoms.